The maximum atomic E-state index is 11.2. The fraction of sp³-hybridized carbons (Fsp3) is 0.923. The molecule has 0 saturated carbocycles. The van der Waals surface area contributed by atoms with Crippen molar-refractivity contribution in [3.63, 3.8) is 0 Å². The van der Waals surface area contributed by atoms with Crippen molar-refractivity contribution in [1.82, 2.24) is 10.6 Å². The summed E-state index contributed by atoms with van der Waals surface area (Å²) in [6.07, 6.45) is -0.435. The minimum absolute atomic E-state index is 0.166. The molecule has 1 amide bonds. The van der Waals surface area contributed by atoms with Crippen LogP contribution in [0.2, 0.25) is 0 Å². The fourth-order valence-corrected chi connectivity index (χ4v) is 3.58. The summed E-state index contributed by atoms with van der Waals surface area (Å²) in [6, 6.07) is 0. The molecule has 0 unspecified atom stereocenters. The van der Waals surface area contributed by atoms with Gasteiger partial charge in [0, 0.05) is 24.4 Å². The van der Waals surface area contributed by atoms with E-state index >= 15 is 0 Å². The van der Waals surface area contributed by atoms with Crippen LogP contribution in [0.25, 0.3) is 0 Å². The number of amides is 1. The topological polar surface area (TPSA) is 68.8 Å². The van der Waals surface area contributed by atoms with Crippen LogP contribution in [0.1, 0.15) is 20.8 Å². The number of nitrogens with one attached hydrogen (secondary N) is 2. The lowest BCUT2D eigenvalue weighted by molar-refractivity contribution is 0.0900. The molecule has 0 aromatic carbocycles. The van der Waals surface area contributed by atoms with Crippen LogP contribution in [0.15, 0.2) is 0 Å². The molecule has 8 heteroatoms. The van der Waals surface area contributed by atoms with Crippen LogP contribution in [-0.4, -0.2) is 63.3 Å². The predicted octanol–water partition coefficient (Wildman–Crippen LogP) is 2.10. The van der Waals surface area contributed by atoms with E-state index in [1.165, 1.54) is 0 Å². The van der Waals surface area contributed by atoms with E-state index in [1.807, 2.05) is 14.0 Å². The summed E-state index contributed by atoms with van der Waals surface area (Å²) in [5.41, 5.74) is 0. The van der Waals surface area contributed by atoms with E-state index < -0.39 is 6.09 Å². The van der Waals surface area contributed by atoms with Crippen molar-refractivity contribution in [2.45, 2.75) is 25.5 Å². The highest BCUT2D eigenvalue weighted by atomic mass is 33.1. The van der Waals surface area contributed by atoms with E-state index in [1.54, 1.807) is 21.6 Å². The molecule has 0 heterocycles. The number of alkyl carbamates (subject to hydrolysis) is 1. The standard InChI is InChI=1S/C13H28N2O4S2/c1-5-17-7-6-15-12(16)19-9-8-18-11-20-21-13(2,3)10-14-4/h14H,5-11H2,1-4H3,(H,15,16). The number of ether oxygens (including phenoxy) is 3. The highest BCUT2D eigenvalue weighted by molar-refractivity contribution is 8.77. The van der Waals surface area contributed by atoms with Gasteiger partial charge in [-0.05, 0) is 27.8 Å². The van der Waals surface area contributed by atoms with Crippen LogP contribution in [0.3, 0.4) is 0 Å². The molecule has 0 aliphatic carbocycles. The van der Waals surface area contributed by atoms with Gasteiger partial charge >= 0.3 is 6.09 Å². The third-order valence-corrected chi connectivity index (χ3v) is 5.17. The van der Waals surface area contributed by atoms with E-state index in [4.69, 9.17) is 14.2 Å². The highest BCUT2D eigenvalue weighted by Gasteiger charge is 2.17. The van der Waals surface area contributed by atoms with Gasteiger partial charge < -0.3 is 24.8 Å². The molecule has 0 saturated heterocycles. The van der Waals surface area contributed by atoms with Crippen molar-refractivity contribution in [2.24, 2.45) is 0 Å². The zero-order chi connectivity index (χ0) is 16.0. The summed E-state index contributed by atoms with van der Waals surface area (Å²) in [7, 11) is 5.38. The largest absolute Gasteiger partial charge is 0.447 e. The van der Waals surface area contributed by atoms with Crippen molar-refractivity contribution in [1.29, 1.82) is 0 Å². The fourth-order valence-electron chi connectivity index (χ4n) is 1.35. The molecular formula is C13H28N2O4S2. The Labute approximate surface area is 135 Å². The van der Waals surface area contributed by atoms with E-state index in [9.17, 15) is 4.79 Å². The quantitative estimate of drug-likeness (QED) is 0.302. The first-order valence-electron chi connectivity index (χ1n) is 7.03. The Bertz CT molecular complexity index is 269. The van der Waals surface area contributed by atoms with E-state index in [0.29, 0.717) is 32.3 Å². The zero-order valence-corrected chi connectivity index (χ0v) is 15.0. The number of hydrogen-bond donors (Lipinski definition) is 2. The van der Waals surface area contributed by atoms with Crippen molar-refractivity contribution in [3.05, 3.63) is 0 Å². The average molecular weight is 341 g/mol. The summed E-state index contributed by atoms with van der Waals surface area (Å²) >= 11 is 0. The number of rotatable bonds is 13. The maximum Gasteiger partial charge on any atom is 0.407 e. The Hall–Kier alpha value is -0.150. The van der Waals surface area contributed by atoms with Gasteiger partial charge in [-0.3, -0.25) is 0 Å². The molecule has 6 nitrogen and oxygen atoms in total. The van der Waals surface area contributed by atoms with Gasteiger partial charge in [-0.2, -0.15) is 0 Å². The second kappa shape index (κ2) is 13.5. The van der Waals surface area contributed by atoms with E-state index in [0.717, 1.165) is 6.54 Å². The number of carbonyl (C=O) groups is 1. The van der Waals surface area contributed by atoms with Crippen molar-refractivity contribution in [3.8, 4) is 0 Å². The Morgan fingerprint density at radius 1 is 1.19 bits per heavy atom. The molecule has 0 atom stereocenters. The SMILES string of the molecule is CCOCCNC(=O)OCCOCSSC(C)(C)CNC. The summed E-state index contributed by atoms with van der Waals surface area (Å²) in [5.74, 6) is 0.577. The first-order chi connectivity index (χ1) is 10.0. The predicted molar refractivity (Wildman–Crippen MR) is 89.9 cm³/mol. The smallest absolute Gasteiger partial charge is 0.407 e. The molecule has 0 aliphatic rings. The third-order valence-electron chi connectivity index (χ3n) is 2.20. The van der Waals surface area contributed by atoms with Crippen molar-refractivity contribution in [2.75, 3.05) is 52.5 Å². The van der Waals surface area contributed by atoms with Crippen LogP contribution in [0.4, 0.5) is 4.79 Å². The molecule has 0 spiro atoms. The lowest BCUT2D eigenvalue weighted by Gasteiger charge is -2.22. The van der Waals surface area contributed by atoms with Crippen molar-refractivity contribution < 1.29 is 19.0 Å². The number of hydrogen-bond acceptors (Lipinski definition) is 7. The van der Waals surface area contributed by atoms with Crippen LogP contribution in [0.5, 0.6) is 0 Å². The summed E-state index contributed by atoms with van der Waals surface area (Å²) in [5, 5.41) is 5.75. The maximum absolute atomic E-state index is 11.2. The second-order valence-corrected chi connectivity index (χ2v) is 7.73. The molecular weight excluding hydrogens is 312 g/mol. The van der Waals surface area contributed by atoms with Crippen LogP contribution in [0, 0.1) is 0 Å². The molecule has 0 aromatic heterocycles. The van der Waals surface area contributed by atoms with Crippen molar-refractivity contribution >= 4 is 27.7 Å². The van der Waals surface area contributed by atoms with Gasteiger partial charge in [0.15, 0.2) is 0 Å². The van der Waals surface area contributed by atoms with Crippen LogP contribution >= 0.6 is 21.6 Å². The van der Waals surface area contributed by atoms with Crippen LogP contribution in [-0.2, 0) is 14.2 Å². The molecule has 0 rings (SSSR count). The lowest BCUT2D eigenvalue weighted by atomic mass is 10.2. The van der Waals surface area contributed by atoms with E-state index in [-0.39, 0.29) is 11.4 Å². The molecule has 126 valence electrons. The molecule has 0 bridgehead atoms. The lowest BCUT2D eigenvalue weighted by Crippen LogP contribution is -2.29. The summed E-state index contributed by atoms with van der Waals surface area (Å²) in [4.78, 5) is 11.2. The molecule has 0 aromatic rings. The minimum Gasteiger partial charge on any atom is -0.447 e. The van der Waals surface area contributed by atoms with Gasteiger partial charge in [0.25, 0.3) is 0 Å². The van der Waals surface area contributed by atoms with Gasteiger partial charge in [-0.25, -0.2) is 4.79 Å². The van der Waals surface area contributed by atoms with Crippen LogP contribution < -0.4 is 10.6 Å². The van der Waals surface area contributed by atoms with Gasteiger partial charge in [-0.1, -0.05) is 21.6 Å². The van der Waals surface area contributed by atoms with Gasteiger partial charge in [0.05, 0.1) is 13.2 Å². The Morgan fingerprint density at radius 3 is 2.62 bits per heavy atom. The highest BCUT2D eigenvalue weighted by Crippen LogP contribution is 2.34. The zero-order valence-electron chi connectivity index (χ0n) is 13.4. The number of carbonyl (C=O) groups excluding carboxylic acids is 1. The molecule has 21 heavy (non-hydrogen) atoms. The third kappa shape index (κ3) is 14.5. The Morgan fingerprint density at radius 2 is 1.95 bits per heavy atom. The van der Waals surface area contributed by atoms with Gasteiger partial charge in [0.2, 0.25) is 0 Å². The molecule has 0 aliphatic heterocycles. The Kier molecular flexibility index (Phi) is 13.4. The first kappa shape index (κ1) is 20.9. The minimum atomic E-state index is -0.435. The normalized spacial score (nSPS) is 11.4. The summed E-state index contributed by atoms with van der Waals surface area (Å²) < 4.78 is 15.6. The average Bonchev–Trinajstić information content (AvgIpc) is 2.42. The van der Waals surface area contributed by atoms with Gasteiger partial charge in [-0.15, -0.1) is 0 Å². The first-order valence-corrected chi connectivity index (χ1v) is 9.35. The van der Waals surface area contributed by atoms with Gasteiger partial charge in [0.1, 0.15) is 12.5 Å². The molecule has 0 fully saturated rings. The Balaban J connectivity index is 3.34. The second-order valence-electron chi connectivity index (χ2n) is 4.78. The monoisotopic (exact) mass is 340 g/mol. The molecule has 0 radical (unpaired) electrons. The summed E-state index contributed by atoms with van der Waals surface area (Å²) in [6.45, 7) is 9.46. The van der Waals surface area contributed by atoms with E-state index in [2.05, 4.69) is 24.5 Å². The molecule has 2 N–H and O–H groups in total.